The van der Waals surface area contributed by atoms with Gasteiger partial charge in [0.05, 0.1) is 17.8 Å². The van der Waals surface area contributed by atoms with Crippen molar-refractivity contribution in [3.8, 4) is 0 Å². The highest BCUT2D eigenvalue weighted by Gasteiger charge is 2.15. The fourth-order valence-corrected chi connectivity index (χ4v) is 2.51. The standard InChI is InChI=1S/C17H18N2O/c1-3-18-17(15-9-12(2)20-11-15)14-7-6-13-5-4-8-19-16(13)10-14/h4-11,17-18H,3H2,1-2H3. The monoisotopic (exact) mass is 266 g/mol. The highest BCUT2D eigenvalue weighted by Crippen LogP contribution is 2.26. The molecule has 3 aromatic rings. The minimum Gasteiger partial charge on any atom is -0.469 e. The lowest BCUT2D eigenvalue weighted by molar-refractivity contribution is 0.525. The van der Waals surface area contributed by atoms with E-state index in [-0.39, 0.29) is 6.04 Å². The third-order valence-corrected chi connectivity index (χ3v) is 3.46. The second-order valence-electron chi connectivity index (χ2n) is 4.94. The minimum absolute atomic E-state index is 0.142. The highest BCUT2D eigenvalue weighted by atomic mass is 16.3. The van der Waals surface area contributed by atoms with E-state index < -0.39 is 0 Å². The fraction of sp³-hybridized carbons (Fsp3) is 0.235. The van der Waals surface area contributed by atoms with E-state index in [4.69, 9.17) is 4.42 Å². The summed E-state index contributed by atoms with van der Waals surface area (Å²) in [4.78, 5) is 4.43. The Bertz CT molecular complexity index is 718. The molecular weight excluding hydrogens is 248 g/mol. The topological polar surface area (TPSA) is 38.1 Å². The molecular formula is C17H18N2O. The number of rotatable bonds is 4. The van der Waals surface area contributed by atoms with Crippen molar-refractivity contribution >= 4 is 10.9 Å². The average molecular weight is 266 g/mol. The first-order valence-corrected chi connectivity index (χ1v) is 6.91. The molecule has 0 fully saturated rings. The Hall–Kier alpha value is -2.13. The zero-order chi connectivity index (χ0) is 13.9. The van der Waals surface area contributed by atoms with Crippen molar-refractivity contribution in [2.24, 2.45) is 0 Å². The van der Waals surface area contributed by atoms with E-state index in [1.165, 1.54) is 5.56 Å². The van der Waals surface area contributed by atoms with Crippen LogP contribution in [0.25, 0.3) is 10.9 Å². The third kappa shape index (κ3) is 2.45. The van der Waals surface area contributed by atoms with Gasteiger partial charge in [0.2, 0.25) is 0 Å². The van der Waals surface area contributed by atoms with Crippen LogP contribution in [0.5, 0.6) is 0 Å². The van der Waals surface area contributed by atoms with Gasteiger partial charge in [-0.25, -0.2) is 0 Å². The van der Waals surface area contributed by atoms with Crippen LogP contribution in [-0.4, -0.2) is 11.5 Å². The maximum atomic E-state index is 5.45. The molecule has 1 aromatic carbocycles. The van der Waals surface area contributed by atoms with E-state index in [1.807, 2.05) is 25.5 Å². The number of fused-ring (bicyclic) bond motifs is 1. The SMILES string of the molecule is CCNC(c1coc(C)c1)c1ccc2cccnc2c1. The summed E-state index contributed by atoms with van der Waals surface area (Å²) >= 11 is 0. The van der Waals surface area contributed by atoms with Gasteiger partial charge >= 0.3 is 0 Å². The molecule has 3 nitrogen and oxygen atoms in total. The molecule has 1 N–H and O–H groups in total. The molecule has 0 aliphatic carbocycles. The van der Waals surface area contributed by atoms with Crippen molar-refractivity contribution in [2.45, 2.75) is 19.9 Å². The van der Waals surface area contributed by atoms with E-state index in [2.05, 4.69) is 47.6 Å². The van der Waals surface area contributed by atoms with Crippen LogP contribution in [0.15, 0.2) is 53.3 Å². The number of benzene rings is 1. The van der Waals surface area contributed by atoms with E-state index >= 15 is 0 Å². The predicted molar refractivity (Wildman–Crippen MR) is 80.7 cm³/mol. The van der Waals surface area contributed by atoms with Crippen LogP contribution in [0.1, 0.15) is 29.9 Å². The highest BCUT2D eigenvalue weighted by molar-refractivity contribution is 5.79. The molecule has 0 amide bonds. The van der Waals surface area contributed by atoms with Gasteiger partial charge in [-0.3, -0.25) is 4.98 Å². The van der Waals surface area contributed by atoms with Crippen molar-refractivity contribution in [1.29, 1.82) is 0 Å². The Balaban J connectivity index is 2.04. The van der Waals surface area contributed by atoms with E-state index in [0.717, 1.165) is 28.8 Å². The van der Waals surface area contributed by atoms with E-state index in [1.54, 1.807) is 0 Å². The van der Waals surface area contributed by atoms with Crippen LogP contribution < -0.4 is 5.32 Å². The van der Waals surface area contributed by atoms with Gasteiger partial charge in [-0.1, -0.05) is 25.1 Å². The van der Waals surface area contributed by atoms with Gasteiger partial charge in [0.1, 0.15) is 5.76 Å². The smallest absolute Gasteiger partial charge is 0.101 e. The number of nitrogens with one attached hydrogen (secondary N) is 1. The molecule has 20 heavy (non-hydrogen) atoms. The van der Waals surface area contributed by atoms with Gasteiger partial charge in [-0.05, 0) is 37.2 Å². The number of aryl methyl sites for hydroxylation is 1. The molecule has 0 saturated carbocycles. The first-order chi connectivity index (χ1) is 9.78. The number of pyridine rings is 1. The van der Waals surface area contributed by atoms with Crippen LogP contribution in [0.3, 0.4) is 0 Å². The van der Waals surface area contributed by atoms with Crippen molar-refractivity contribution < 1.29 is 4.42 Å². The molecule has 2 aromatic heterocycles. The van der Waals surface area contributed by atoms with Crippen LogP contribution in [-0.2, 0) is 0 Å². The van der Waals surface area contributed by atoms with Crippen LogP contribution >= 0.6 is 0 Å². The number of hydrogen-bond acceptors (Lipinski definition) is 3. The molecule has 3 rings (SSSR count). The quantitative estimate of drug-likeness (QED) is 0.779. The predicted octanol–water partition coefficient (Wildman–Crippen LogP) is 3.84. The van der Waals surface area contributed by atoms with Gasteiger partial charge in [0.15, 0.2) is 0 Å². The number of furan rings is 1. The second kappa shape index (κ2) is 5.47. The summed E-state index contributed by atoms with van der Waals surface area (Å²) in [6.45, 7) is 4.98. The van der Waals surface area contributed by atoms with Crippen molar-refractivity contribution in [1.82, 2.24) is 10.3 Å². The lowest BCUT2D eigenvalue weighted by atomic mass is 9.99. The number of aromatic nitrogens is 1. The Kier molecular flexibility index (Phi) is 3.52. The number of hydrogen-bond donors (Lipinski definition) is 1. The normalized spacial score (nSPS) is 12.7. The minimum atomic E-state index is 0.142. The fourth-order valence-electron chi connectivity index (χ4n) is 2.51. The van der Waals surface area contributed by atoms with E-state index in [0.29, 0.717) is 0 Å². The summed E-state index contributed by atoms with van der Waals surface area (Å²) < 4.78 is 5.45. The molecule has 3 heteroatoms. The lowest BCUT2D eigenvalue weighted by Gasteiger charge is -2.17. The zero-order valence-electron chi connectivity index (χ0n) is 11.8. The van der Waals surface area contributed by atoms with Crippen molar-refractivity contribution in [3.63, 3.8) is 0 Å². The Morgan fingerprint density at radius 3 is 2.85 bits per heavy atom. The van der Waals surface area contributed by atoms with Gasteiger partial charge < -0.3 is 9.73 Å². The third-order valence-electron chi connectivity index (χ3n) is 3.46. The van der Waals surface area contributed by atoms with Gasteiger partial charge in [0, 0.05) is 17.1 Å². The average Bonchev–Trinajstić information content (AvgIpc) is 2.90. The zero-order valence-corrected chi connectivity index (χ0v) is 11.8. The molecule has 102 valence electrons. The largest absolute Gasteiger partial charge is 0.469 e. The molecule has 0 spiro atoms. The summed E-state index contributed by atoms with van der Waals surface area (Å²) in [6.07, 6.45) is 3.65. The molecule has 0 aliphatic heterocycles. The Morgan fingerprint density at radius 2 is 2.10 bits per heavy atom. The summed E-state index contributed by atoms with van der Waals surface area (Å²) in [5.41, 5.74) is 3.38. The van der Waals surface area contributed by atoms with Crippen LogP contribution in [0, 0.1) is 6.92 Å². The van der Waals surface area contributed by atoms with E-state index in [9.17, 15) is 0 Å². The van der Waals surface area contributed by atoms with Gasteiger partial charge in [-0.15, -0.1) is 0 Å². The molecule has 2 heterocycles. The Morgan fingerprint density at radius 1 is 1.20 bits per heavy atom. The summed E-state index contributed by atoms with van der Waals surface area (Å²) in [7, 11) is 0. The first kappa shape index (κ1) is 12.9. The second-order valence-corrected chi connectivity index (χ2v) is 4.94. The molecule has 0 radical (unpaired) electrons. The summed E-state index contributed by atoms with van der Waals surface area (Å²) in [5.74, 6) is 0.932. The Labute approximate surface area is 118 Å². The van der Waals surface area contributed by atoms with Gasteiger partial charge in [0.25, 0.3) is 0 Å². The van der Waals surface area contributed by atoms with Crippen LogP contribution in [0.2, 0.25) is 0 Å². The van der Waals surface area contributed by atoms with Gasteiger partial charge in [-0.2, -0.15) is 0 Å². The summed E-state index contributed by atoms with van der Waals surface area (Å²) in [5, 5.41) is 4.67. The van der Waals surface area contributed by atoms with Crippen LogP contribution in [0.4, 0.5) is 0 Å². The molecule has 1 unspecified atom stereocenters. The molecule has 0 saturated heterocycles. The first-order valence-electron chi connectivity index (χ1n) is 6.91. The number of nitrogens with zero attached hydrogens (tertiary/aromatic N) is 1. The molecule has 0 aliphatic rings. The van der Waals surface area contributed by atoms with Crippen molar-refractivity contribution in [3.05, 3.63) is 65.7 Å². The molecule has 1 atom stereocenters. The van der Waals surface area contributed by atoms with Crippen molar-refractivity contribution in [2.75, 3.05) is 6.54 Å². The maximum Gasteiger partial charge on any atom is 0.101 e. The lowest BCUT2D eigenvalue weighted by Crippen LogP contribution is -2.21. The summed E-state index contributed by atoms with van der Waals surface area (Å²) in [6, 6.07) is 12.7. The molecule has 0 bridgehead atoms. The maximum absolute atomic E-state index is 5.45.